The second-order valence-electron chi connectivity index (χ2n) is 5.82. The molecule has 1 aromatic carbocycles. The highest BCUT2D eigenvalue weighted by atomic mass is 79.9. The largest absolute Gasteiger partial charge is 0.476 e. The van der Waals surface area contributed by atoms with Crippen molar-refractivity contribution in [1.82, 2.24) is 9.88 Å². The Balaban J connectivity index is 2.06. The molecule has 0 saturated carbocycles. The van der Waals surface area contributed by atoms with Crippen LogP contribution < -0.4 is 4.74 Å². The van der Waals surface area contributed by atoms with Crippen LogP contribution in [0.5, 0.6) is 5.88 Å². The minimum absolute atomic E-state index is 0.302. The Kier molecular flexibility index (Phi) is 6.79. The summed E-state index contributed by atoms with van der Waals surface area (Å²) in [5.74, 6) is 0.911. The molecule has 0 spiro atoms. The van der Waals surface area contributed by atoms with Crippen LogP contribution in [0.2, 0.25) is 0 Å². The molecule has 2 rings (SSSR count). The smallest absolute Gasteiger partial charge is 0.228 e. The van der Waals surface area contributed by atoms with Gasteiger partial charge in [-0.15, -0.1) is 0 Å². The second kappa shape index (κ2) is 8.83. The zero-order chi connectivity index (χ0) is 17.5. The van der Waals surface area contributed by atoms with Crippen LogP contribution >= 0.6 is 15.9 Å². The van der Waals surface area contributed by atoms with Crippen LogP contribution in [0.1, 0.15) is 31.0 Å². The SMILES string of the molecule is CCN(C)C=Nc1cc(Br)c(OCC(C)c2ccccc2)nc1C. The first-order valence-corrected chi connectivity index (χ1v) is 8.89. The number of halogens is 1. The lowest BCUT2D eigenvalue weighted by atomic mass is 10.0. The molecule has 0 fully saturated rings. The minimum Gasteiger partial charge on any atom is -0.476 e. The Morgan fingerprint density at radius 3 is 2.71 bits per heavy atom. The van der Waals surface area contributed by atoms with Crippen LogP contribution in [0.15, 0.2) is 45.9 Å². The fraction of sp³-hybridized carbons (Fsp3) is 0.368. The van der Waals surface area contributed by atoms with Gasteiger partial charge in [0.05, 0.1) is 28.8 Å². The van der Waals surface area contributed by atoms with Crippen molar-refractivity contribution in [1.29, 1.82) is 0 Å². The highest BCUT2D eigenvalue weighted by Crippen LogP contribution is 2.30. The van der Waals surface area contributed by atoms with Gasteiger partial charge in [-0.1, -0.05) is 37.3 Å². The molecule has 0 aliphatic rings. The third kappa shape index (κ3) is 5.06. The molecule has 0 N–H and O–H groups in total. The summed E-state index contributed by atoms with van der Waals surface area (Å²) in [6.45, 7) is 7.66. The van der Waals surface area contributed by atoms with Crippen molar-refractivity contribution >= 4 is 28.0 Å². The Labute approximate surface area is 152 Å². The number of aryl methyl sites for hydroxylation is 1. The average molecular weight is 390 g/mol. The van der Waals surface area contributed by atoms with Crippen molar-refractivity contribution in [3.05, 3.63) is 52.1 Å². The summed E-state index contributed by atoms with van der Waals surface area (Å²) in [5, 5.41) is 0. The summed E-state index contributed by atoms with van der Waals surface area (Å²) in [4.78, 5) is 11.0. The van der Waals surface area contributed by atoms with Crippen molar-refractivity contribution in [2.24, 2.45) is 4.99 Å². The maximum Gasteiger partial charge on any atom is 0.228 e. The first kappa shape index (κ1) is 18.5. The number of hydrogen-bond acceptors (Lipinski definition) is 3. The molecule has 0 aliphatic heterocycles. The number of hydrogen-bond donors (Lipinski definition) is 0. The van der Waals surface area contributed by atoms with Gasteiger partial charge in [0.25, 0.3) is 0 Å². The molecule has 128 valence electrons. The van der Waals surface area contributed by atoms with Gasteiger partial charge in [-0.3, -0.25) is 0 Å². The van der Waals surface area contributed by atoms with Crippen molar-refractivity contribution in [2.75, 3.05) is 20.2 Å². The Morgan fingerprint density at radius 1 is 1.33 bits per heavy atom. The molecule has 4 nitrogen and oxygen atoms in total. The molecule has 24 heavy (non-hydrogen) atoms. The van der Waals surface area contributed by atoms with Gasteiger partial charge in [-0.2, -0.15) is 0 Å². The zero-order valence-electron chi connectivity index (χ0n) is 14.7. The monoisotopic (exact) mass is 389 g/mol. The van der Waals surface area contributed by atoms with E-state index in [9.17, 15) is 0 Å². The summed E-state index contributed by atoms with van der Waals surface area (Å²) >= 11 is 3.54. The predicted octanol–water partition coefficient (Wildman–Crippen LogP) is 4.95. The molecule has 0 radical (unpaired) electrons. The van der Waals surface area contributed by atoms with E-state index in [1.807, 2.05) is 49.5 Å². The molecule has 0 saturated heterocycles. The van der Waals surface area contributed by atoms with E-state index in [1.54, 1.807) is 0 Å². The predicted molar refractivity (Wildman–Crippen MR) is 103 cm³/mol. The minimum atomic E-state index is 0.302. The van der Waals surface area contributed by atoms with Crippen LogP contribution in [-0.4, -0.2) is 36.4 Å². The Bertz CT molecular complexity index is 689. The van der Waals surface area contributed by atoms with Gasteiger partial charge in [0.15, 0.2) is 0 Å². The van der Waals surface area contributed by atoms with E-state index in [1.165, 1.54) is 5.56 Å². The molecule has 0 bridgehead atoms. The van der Waals surface area contributed by atoms with Crippen LogP contribution in [0, 0.1) is 6.92 Å². The fourth-order valence-corrected chi connectivity index (χ4v) is 2.53. The number of nitrogens with zero attached hydrogens (tertiary/aromatic N) is 3. The van der Waals surface area contributed by atoms with E-state index in [0.717, 1.165) is 22.4 Å². The van der Waals surface area contributed by atoms with Crippen LogP contribution in [-0.2, 0) is 0 Å². The van der Waals surface area contributed by atoms with E-state index in [0.29, 0.717) is 18.4 Å². The molecule has 1 aromatic heterocycles. The molecule has 5 heteroatoms. The third-order valence-corrected chi connectivity index (χ3v) is 4.41. The first-order chi connectivity index (χ1) is 11.5. The summed E-state index contributed by atoms with van der Waals surface area (Å²) in [7, 11) is 1.99. The summed E-state index contributed by atoms with van der Waals surface area (Å²) in [6.07, 6.45) is 1.81. The summed E-state index contributed by atoms with van der Waals surface area (Å²) < 4.78 is 6.73. The number of pyridine rings is 1. The number of aliphatic imine (C=N–C) groups is 1. The molecule has 0 amide bonds. The van der Waals surface area contributed by atoms with Crippen molar-refractivity contribution in [3.63, 3.8) is 0 Å². The first-order valence-electron chi connectivity index (χ1n) is 8.10. The van der Waals surface area contributed by atoms with Gasteiger partial charge >= 0.3 is 0 Å². The summed E-state index contributed by atoms with van der Waals surface area (Å²) in [6, 6.07) is 12.3. The van der Waals surface area contributed by atoms with E-state index >= 15 is 0 Å². The van der Waals surface area contributed by atoms with E-state index in [-0.39, 0.29) is 0 Å². The molecular weight excluding hydrogens is 366 g/mol. The number of benzene rings is 1. The Hall–Kier alpha value is -1.88. The molecule has 2 aromatic rings. The van der Waals surface area contributed by atoms with E-state index in [2.05, 4.69) is 51.9 Å². The van der Waals surface area contributed by atoms with Gasteiger partial charge < -0.3 is 9.64 Å². The molecule has 1 unspecified atom stereocenters. The van der Waals surface area contributed by atoms with Crippen molar-refractivity contribution < 1.29 is 4.74 Å². The number of aromatic nitrogens is 1. The maximum absolute atomic E-state index is 5.92. The lowest BCUT2D eigenvalue weighted by Gasteiger charge is -2.15. The lowest BCUT2D eigenvalue weighted by Crippen LogP contribution is -2.14. The van der Waals surface area contributed by atoms with Crippen LogP contribution in [0.3, 0.4) is 0 Å². The molecule has 0 aliphatic carbocycles. The normalized spacial score (nSPS) is 12.4. The topological polar surface area (TPSA) is 37.7 Å². The maximum atomic E-state index is 5.92. The Morgan fingerprint density at radius 2 is 2.04 bits per heavy atom. The van der Waals surface area contributed by atoms with Crippen LogP contribution in [0.25, 0.3) is 0 Å². The standard InChI is InChI=1S/C19H24BrN3O/c1-5-23(4)13-21-18-11-17(20)19(22-15(18)3)24-12-14(2)16-9-7-6-8-10-16/h6-11,13-14H,5,12H2,1-4H3. The zero-order valence-corrected chi connectivity index (χ0v) is 16.2. The third-order valence-electron chi connectivity index (χ3n) is 3.84. The molecular formula is C19H24BrN3O. The highest BCUT2D eigenvalue weighted by molar-refractivity contribution is 9.10. The lowest BCUT2D eigenvalue weighted by molar-refractivity contribution is 0.282. The van der Waals surface area contributed by atoms with Crippen LogP contribution in [0.4, 0.5) is 5.69 Å². The number of rotatable bonds is 7. The molecule has 1 atom stereocenters. The van der Waals surface area contributed by atoms with Gasteiger partial charge in [0, 0.05) is 19.5 Å². The van der Waals surface area contributed by atoms with Gasteiger partial charge in [0.1, 0.15) is 0 Å². The van der Waals surface area contributed by atoms with E-state index in [4.69, 9.17) is 4.74 Å². The van der Waals surface area contributed by atoms with E-state index < -0.39 is 0 Å². The quantitative estimate of drug-likeness (QED) is 0.496. The fourth-order valence-electron chi connectivity index (χ4n) is 2.11. The summed E-state index contributed by atoms with van der Waals surface area (Å²) in [5.41, 5.74) is 2.95. The highest BCUT2D eigenvalue weighted by Gasteiger charge is 2.11. The van der Waals surface area contributed by atoms with Gasteiger partial charge in [-0.05, 0) is 41.4 Å². The molecule has 1 heterocycles. The second-order valence-corrected chi connectivity index (χ2v) is 6.67. The van der Waals surface area contributed by atoms with Gasteiger partial charge in [-0.25, -0.2) is 9.98 Å². The van der Waals surface area contributed by atoms with Gasteiger partial charge in [0.2, 0.25) is 5.88 Å². The number of ether oxygens (including phenoxy) is 1. The average Bonchev–Trinajstić information content (AvgIpc) is 2.61. The van der Waals surface area contributed by atoms with Crippen molar-refractivity contribution in [2.45, 2.75) is 26.7 Å². The van der Waals surface area contributed by atoms with Crippen molar-refractivity contribution in [3.8, 4) is 5.88 Å².